The predicted octanol–water partition coefficient (Wildman–Crippen LogP) is 3.72. The molecule has 2 atom stereocenters. The van der Waals surface area contributed by atoms with Gasteiger partial charge in [0.25, 0.3) is 6.43 Å². The Bertz CT molecular complexity index is 210. The summed E-state index contributed by atoms with van der Waals surface area (Å²) in [4.78, 5) is 0. The Morgan fingerprint density at radius 3 is 1.20 bits per heavy atom. The van der Waals surface area contributed by atoms with Gasteiger partial charge in [-0.15, -0.1) is 0 Å². The first kappa shape index (κ1) is 14.4. The third kappa shape index (κ3) is 2.91. The van der Waals surface area contributed by atoms with Crippen LogP contribution in [0.5, 0.6) is 0 Å². The van der Waals surface area contributed by atoms with Gasteiger partial charge in [-0.1, -0.05) is 0 Å². The minimum absolute atomic E-state index is 0.558. The first-order chi connectivity index (χ1) is 6.32. The summed E-state index contributed by atoms with van der Waals surface area (Å²) in [5.74, 6) is -4.38. The fourth-order valence-electron chi connectivity index (χ4n) is 0.863. The summed E-state index contributed by atoms with van der Waals surface area (Å²) >= 11 is 0. The van der Waals surface area contributed by atoms with E-state index in [1.54, 1.807) is 0 Å². The monoisotopic (exact) mass is 248 g/mol. The molecule has 0 heterocycles. The van der Waals surface area contributed by atoms with E-state index < -0.39 is 37.3 Å². The molecule has 0 bridgehead atoms. The van der Waals surface area contributed by atoms with Crippen molar-refractivity contribution < 1.29 is 39.5 Å². The molecule has 9 heteroatoms. The Balaban J connectivity index is 5.28. The number of hydrogen-bond donors (Lipinski definition) is 0. The van der Waals surface area contributed by atoms with Crippen LogP contribution in [-0.4, -0.2) is 24.4 Å². The van der Waals surface area contributed by atoms with Crippen LogP contribution in [-0.2, 0) is 0 Å². The molecule has 0 aromatic heterocycles. The lowest BCUT2D eigenvalue weighted by Gasteiger charge is -2.32. The van der Waals surface area contributed by atoms with Gasteiger partial charge >= 0.3 is 12.4 Å². The normalized spacial score (nSPS) is 20.2. The average Bonchev–Trinajstić information content (AvgIpc) is 1.76. The van der Waals surface area contributed by atoms with Gasteiger partial charge in [0, 0.05) is 0 Å². The number of rotatable bonds is 2. The van der Waals surface area contributed by atoms with E-state index in [4.69, 9.17) is 0 Å². The Labute approximate surface area is 78.1 Å². The molecular formula is C6H5F9. The molecule has 92 valence electrons. The maximum Gasteiger partial charge on any atom is 0.423 e. The molecule has 0 spiro atoms. The molecular weight excluding hydrogens is 243 g/mol. The van der Waals surface area contributed by atoms with Gasteiger partial charge in [0.2, 0.25) is 5.67 Å². The van der Waals surface area contributed by atoms with E-state index in [1.807, 2.05) is 0 Å². The summed E-state index contributed by atoms with van der Waals surface area (Å²) in [6.07, 6.45) is -16.5. The number of halogens is 9. The smallest absolute Gasteiger partial charge is 0.233 e. The topological polar surface area (TPSA) is 0 Å². The van der Waals surface area contributed by atoms with E-state index in [-0.39, 0.29) is 0 Å². The minimum Gasteiger partial charge on any atom is -0.233 e. The van der Waals surface area contributed by atoms with Crippen LogP contribution in [0.1, 0.15) is 6.92 Å². The Morgan fingerprint density at radius 1 is 0.800 bits per heavy atom. The molecule has 0 aromatic rings. The minimum atomic E-state index is -6.01. The molecule has 0 aliphatic rings. The first-order valence-electron chi connectivity index (χ1n) is 3.42. The van der Waals surface area contributed by atoms with Crippen LogP contribution in [0, 0.1) is 5.92 Å². The van der Waals surface area contributed by atoms with Crippen molar-refractivity contribution in [2.24, 2.45) is 5.92 Å². The van der Waals surface area contributed by atoms with Gasteiger partial charge < -0.3 is 0 Å². The highest BCUT2D eigenvalue weighted by Crippen LogP contribution is 2.48. The van der Waals surface area contributed by atoms with Gasteiger partial charge in [-0.2, -0.15) is 26.3 Å². The van der Waals surface area contributed by atoms with E-state index in [1.165, 1.54) is 0 Å². The summed E-state index contributed by atoms with van der Waals surface area (Å²) in [7, 11) is 0. The largest absolute Gasteiger partial charge is 0.423 e. The standard InChI is InChI=1S/C6H5F9/c1-4(9,6(13,14)15)2(3(7)8)5(10,11)12/h2-3H,1H3. The van der Waals surface area contributed by atoms with Crippen molar-refractivity contribution in [3.63, 3.8) is 0 Å². The zero-order valence-electron chi connectivity index (χ0n) is 7.06. The van der Waals surface area contributed by atoms with Crippen molar-refractivity contribution in [1.29, 1.82) is 0 Å². The third-order valence-corrected chi connectivity index (χ3v) is 1.74. The molecule has 15 heavy (non-hydrogen) atoms. The third-order valence-electron chi connectivity index (χ3n) is 1.74. The summed E-state index contributed by atoms with van der Waals surface area (Å²) in [6.45, 7) is -0.558. The highest BCUT2D eigenvalue weighted by Gasteiger charge is 2.68. The lowest BCUT2D eigenvalue weighted by atomic mass is 9.90. The zero-order chi connectivity index (χ0) is 12.7. The van der Waals surface area contributed by atoms with Crippen molar-refractivity contribution in [1.82, 2.24) is 0 Å². The summed E-state index contributed by atoms with van der Waals surface area (Å²) < 4.78 is 107. The lowest BCUT2D eigenvalue weighted by molar-refractivity contribution is -0.315. The van der Waals surface area contributed by atoms with Crippen LogP contribution in [0.4, 0.5) is 39.5 Å². The lowest BCUT2D eigenvalue weighted by Crippen LogP contribution is -2.53. The second-order valence-corrected chi connectivity index (χ2v) is 2.93. The summed E-state index contributed by atoms with van der Waals surface area (Å²) in [5.41, 5.74) is -5.01. The molecule has 0 rings (SSSR count). The molecule has 0 nitrogen and oxygen atoms in total. The quantitative estimate of drug-likeness (QED) is 0.653. The molecule has 0 aliphatic heterocycles. The molecule has 0 radical (unpaired) electrons. The fourth-order valence-corrected chi connectivity index (χ4v) is 0.863. The number of alkyl halides is 9. The van der Waals surface area contributed by atoms with Crippen molar-refractivity contribution in [2.75, 3.05) is 0 Å². The Morgan fingerprint density at radius 2 is 1.13 bits per heavy atom. The molecule has 0 N–H and O–H groups in total. The van der Waals surface area contributed by atoms with Gasteiger partial charge in [-0.05, 0) is 6.92 Å². The van der Waals surface area contributed by atoms with Crippen molar-refractivity contribution in [3.05, 3.63) is 0 Å². The predicted molar refractivity (Wildman–Crippen MR) is 31.1 cm³/mol. The summed E-state index contributed by atoms with van der Waals surface area (Å²) in [6, 6.07) is 0. The highest BCUT2D eigenvalue weighted by atomic mass is 19.4. The van der Waals surface area contributed by atoms with E-state index in [0.717, 1.165) is 0 Å². The molecule has 0 aromatic carbocycles. The van der Waals surface area contributed by atoms with Crippen LogP contribution < -0.4 is 0 Å². The fraction of sp³-hybridized carbons (Fsp3) is 1.00. The Hall–Kier alpha value is -0.630. The van der Waals surface area contributed by atoms with Gasteiger partial charge in [0.05, 0.1) is 0 Å². The molecule has 2 unspecified atom stereocenters. The van der Waals surface area contributed by atoms with Crippen molar-refractivity contribution >= 4 is 0 Å². The van der Waals surface area contributed by atoms with Crippen LogP contribution >= 0.6 is 0 Å². The second kappa shape index (κ2) is 3.75. The second-order valence-electron chi connectivity index (χ2n) is 2.93. The van der Waals surface area contributed by atoms with Crippen molar-refractivity contribution in [2.45, 2.75) is 31.4 Å². The van der Waals surface area contributed by atoms with E-state index in [0.29, 0.717) is 0 Å². The average molecular weight is 248 g/mol. The van der Waals surface area contributed by atoms with Gasteiger partial charge in [-0.3, -0.25) is 0 Å². The zero-order valence-corrected chi connectivity index (χ0v) is 7.06. The first-order valence-corrected chi connectivity index (χ1v) is 3.42. The van der Waals surface area contributed by atoms with Crippen molar-refractivity contribution in [3.8, 4) is 0 Å². The Kier molecular flexibility index (Phi) is 3.59. The SMILES string of the molecule is CC(F)(C(C(F)F)C(F)(F)F)C(F)(F)F. The van der Waals surface area contributed by atoms with Crippen LogP contribution in [0.25, 0.3) is 0 Å². The maximum atomic E-state index is 12.7. The van der Waals surface area contributed by atoms with E-state index in [2.05, 4.69) is 0 Å². The molecule has 0 aliphatic carbocycles. The van der Waals surface area contributed by atoms with Gasteiger partial charge in [-0.25, -0.2) is 13.2 Å². The van der Waals surface area contributed by atoms with E-state index >= 15 is 0 Å². The maximum absolute atomic E-state index is 12.7. The van der Waals surface area contributed by atoms with Crippen LogP contribution in [0.15, 0.2) is 0 Å². The van der Waals surface area contributed by atoms with Gasteiger partial charge in [0.15, 0.2) is 5.92 Å². The van der Waals surface area contributed by atoms with Crippen LogP contribution in [0.3, 0.4) is 0 Å². The number of hydrogen-bond acceptors (Lipinski definition) is 0. The van der Waals surface area contributed by atoms with E-state index in [9.17, 15) is 39.5 Å². The van der Waals surface area contributed by atoms with Crippen LogP contribution in [0.2, 0.25) is 0 Å². The highest BCUT2D eigenvalue weighted by molar-refractivity contribution is 4.94. The van der Waals surface area contributed by atoms with Gasteiger partial charge in [0.1, 0.15) is 0 Å². The molecule has 0 saturated heterocycles. The molecule has 0 amide bonds. The molecule has 0 saturated carbocycles. The summed E-state index contributed by atoms with van der Waals surface area (Å²) in [5, 5.41) is 0. The molecule has 0 fully saturated rings.